The molecule has 3 aromatic rings. The molecule has 244 valence electrons. The Kier molecular flexibility index (Phi) is 11.0. The fraction of sp³-hybridized carbons (Fsp3) is 0.371. The fourth-order valence-electron chi connectivity index (χ4n) is 5.13. The molecule has 11 nitrogen and oxygen atoms in total. The van der Waals surface area contributed by atoms with Gasteiger partial charge < -0.3 is 33.2 Å². The molecule has 5 atom stereocenters. The van der Waals surface area contributed by atoms with Crippen molar-refractivity contribution in [2.24, 2.45) is 0 Å². The lowest BCUT2D eigenvalue weighted by Crippen LogP contribution is -2.64. The predicted molar refractivity (Wildman–Crippen MR) is 164 cm³/mol. The normalized spacial score (nSPS) is 21.0. The van der Waals surface area contributed by atoms with Crippen molar-refractivity contribution in [3.63, 3.8) is 0 Å². The highest BCUT2D eigenvalue weighted by atomic mass is 16.7. The summed E-state index contributed by atoms with van der Waals surface area (Å²) in [5.74, 6) is -2.14. The van der Waals surface area contributed by atoms with Crippen molar-refractivity contribution >= 4 is 23.9 Å². The second kappa shape index (κ2) is 14.9. The molecule has 1 heterocycles. The zero-order valence-electron chi connectivity index (χ0n) is 26.6. The third kappa shape index (κ3) is 8.42. The summed E-state index contributed by atoms with van der Waals surface area (Å²) in [7, 11) is 1.12. The molecule has 0 saturated carbocycles. The van der Waals surface area contributed by atoms with E-state index in [4.69, 9.17) is 33.2 Å². The minimum Gasteiger partial charge on any atom is -0.489 e. The first-order chi connectivity index (χ1) is 21.9. The van der Waals surface area contributed by atoms with Gasteiger partial charge in [0.1, 0.15) is 18.1 Å². The van der Waals surface area contributed by atoms with Crippen molar-refractivity contribution in [3.05, 3.63) is 95.6 Å². The number of hydrogen-bond acceptors (Lipinski definition) is 11. The van der Waals surface area contributed by atoms with Gasteiger partial charge in [0.25, 0.3) is 0 Å². The van der Waals surface area contributed by atoms with Gasteiger partial charge in [-0.3, -0.25) is 14.4 Å². The molecular weight excluding hydrogens is 596 g/mol. The molecule has 1 fully saturated rings. The van der Waals surface area contributed by atoms with Gasteiger partial charge >= 0.3 is 23.9 Å². The standard InChI is InChI=1S/C35H38O11/c1-21(36)42-29-30(43-22(2)37)32(44-23(3)38)34(46-31(29)33(39)40-6)45-28-18-14-26(15-19-28)35(4,5)25-12-16-27(17-13-25)41-20-24-10-8-7-9-11-24/h7-19,29-32,34H,20H2,1-6H3. The van der Waals surface area contributed by atoms with E-state index >= 15 is 0 Å². The Morgan fingerprint density at radius 1 is 0.674 bits per heavy atom. The van der Waals surface area contributed by atoms with Gasteiger partial charge in [0.2, 0.25) is 12.4 Å². The highest BCUT2D eigenvalue weighted by Gasteiger charge is 2.55. The zero-order chi connectivity index (χ0) is 33.4. The first-order valence-electron chi connectivity index (χ1n) is 14.7. The van der Waals surface area contributed by atoms with Crippen molar-refractivity contribution in [2.75, 3.05) is 7.11 Å². The quantitative estimate of drug-likeness (QED) is 0.215. The highest BCUT2D eigenvalue weighted by Crippen LogP contribution is 2.35. The zero-order valence-corrected chi connectivity index (χ0v) is 26.6. The molecule has 0 aliphatic carbocycles. The Morgan fingerprint density at radius 3 is 1.70 bits per heavy atom. The van der Waals surface area contributed by atoms with Crippen LogP contribution in [0.25, 0.3) is 0 Å². The largest absolute Gasteiger partial charge is 0.489 e. The molecule has 0 bridgehead atoms. The van der Waals surface area contributed by atoms with Gasteiger partial charge in [0, 0.05) is 26.2 Å². The summed E-state index contributed by atoms with van der Waals surface area (Å²) >= 11 is 0. The van der Waals surface area contributed by atoms with Crippen molar-refractivity contribution in [1.29, 1.82) is 0 Å². The van der Waals surface area contributed by atoms with E-state index < -0.39 is 60.0 Å². The lowest BCUT2D eigenvalue weighted by atomic mass is 9.78. The molecule has 3 aromatic carbocycles. The minimum absolute atomic E-state index is 0.308. The lowest BCUT2D eigenvalue weighted by Gasteiger charge is -2.43. The molecule has 46 heavy (non-hydrogen) atoms. The maximum absolute atomic E-state index is 12.7. The number of benzene rings is 3. The fourth-order valence-corrected chi connectivity index (χ4v) is 5.13. The molecule has 5 unspecified atom stereocenters. The smallest absolute Gasteiger partial charge is 0.339 e. The van der Waals surface area contributed by atoms with E-state index in [-0.39, 0.29) is 0 Å². The summed E-state index contributed by atoms with van der Waals surface area (Å²) in [5, 5.41) is 0. The van der Waals surface area contributed by atoms with E-state index in [0.29, 0.717) is 12.4 Å². The number of carbonyl (C=O) groups excluding carboxylic acids is 4. The van der Waals surface area contributed by atoms with Gasteiger partial charge in [-0.05, 0) is 41.0 Å². The van der Waals surface area contributed by atoms with Crippen LogP contribution in [0.4, 0.5) is 0 Å². The van der Waals surface area contributed by atoms with Gasteiger partial charge in [0.05, 0.1) is 7.11 Å². The summed E-state index contributed by atoms with van der Waals surface area (Å²) in [5.41, 5.74) is 2.71. The number of hydrogen-bond donors (Lipinski definition) is 0. The monoisotopic (exact) mass is 634 g/mol. The van der Waals surface area contributed by atoms with E-state index in [1.165, 1.54) is 0 Å². The summed E-state index contributed by atoms with van der Waals surface area (Å²) in [6, 6.07) is 25.0. The molecule has 0 amide bonds. The van der Waals surface area contributed by atoms with Crippen LogP contribution in [0.15, 0.2) is 78.9 Å². The third-order valence-corrected chi connectivity index (χ3v) is 7.49. The molecule has 0 aromatic heterocycles. The van der Waals surface area contributed by atoms with Gasteiger partial charge in [-0.1, -0.05) is 68.4 Å². The number of methoxy groups -OCH3 is 1. The van der Waals surface area contributed by atoms with Gasteiger partial charge in [-0.15, -0.1) is 0 Å². The number of carbonyl (C=O) groups is 4. The second-order valence-corrected chi connectivity index (χ2v) is 11.2. The molecule has 1 aliphatic heterocycles. The molecule has 11 heteroatoms. The van der Waals surface area contributed by atoms with Crippen molar-refractivity contribution in [3.8, 4) is 11.5 Å². The molecule has 0 spiro atoms. The van der Waals surface area contributed by atoms with Crippen LogP contribution in [0.1, 0.15) is 51.3 Å². The predicted octanol–water partition coefficient (Wildman–Crippen LogP) is 4.66. The van der Waals surface area contributed by atoms with E-state index in [1.54, 1.807) is 12.1 Å². The van der Waals surface area contributed by atoms with Crippen molar-refractivity contribution < 1.29 is 52.3 Å². The Morgan fingerprint density at radius 2 is 1.17 bits per heavy atom. The molecule has 0 N–H and O–H groups in total. The van der Waals surface area contributed by atoms with Crippen molar-refractivity contribution in [1.82, 2.24) is 0 Å². The van der Waals surface area contributed by atoms with Gasteiger partial charge in [-0.25, -0.2) is 4.79 Å². The van der Waals surface area contributed by atoms with Crippen LogP contribution in [0.2, 0.25) is 0 Å². The maximum atomic E-state index is 12.7. The van der Waals surface area contributed by atoms with E-state index in [0.717, 1.165) is 50.3 Å². The second-order valence-electron chi connectivity index (χ2n) is 11.2. The summed E-state index contributed by atoms with van der Waals surface area (Å²) in [6.07, 6.45) is -7.30. The molecule has 4 rings (SSSR count). The first-order valence-corrected chi connectivity index (χ1v) is 14.7. The van der Waals surface area contributed by atoms with Crippen molar-refractivity contribution in [2.45, 2.75) is 77.3 Å². The highest BCUT2D eigenvalue weighted by molar-refractivity contribution is 5.77. The van der Waals surface area contributed by atoms with E-state index in [9.17, 15) is 19.2 Å². The van der Waals surface area contributed by atoms with Gasteiger partial charge in [0.15, 0.2) is 18.3 Å². The van der Waals surface area contributed by atoms with Gasteiger partial charge in [-0.2, -0.15) is 0 Å². The average Bonchev–Trinajstić information content (AvgIpc) is 3.02. The molecule has 1 saturated heterocycles. The van der Waals surface area contributed by atoms with Crippen LogP contribution in [-0.2, 0) is 54.9 Å². The van der Waals surface area contributed by atoms with Crippen LogP contribution in [-0.4, -0.2) is 61.7 Å². The molecular formula is C35H38O11. The number of rotatable bonds is 11. The van der Waals surface area contributed by atoms with Crippen LogP contribution in [0.3, 0.4) is 0 Å². The lowest BCUT2D eigenvalue weighted by molar-refractivity contribution is -0.282. The molecule has 1 aliphatic rings. The van der Waals surface area contributed by atoms with Crippen LogP contribution in [0, 0.1) is 0 Å². The topological polar surface area (TPSA) is 133 Å². The van der Waals surface area contributed by atoms with Crippen LogP contribution < -0.4 is 9.47 Å². The maximum Gasteiger partial charge on any atom is 0.339 e. The Bertz CT molecular complexity index is 1500. The SMILES string of the molecule is COC(=O)C1OC(Oc2ccc(C(C)(C)c3ccc(OCc4ccccc4)cc3)cc2)C(OC(C)=O)C(OC(C)=O)C1OC(C)=O. The first kappa shape index (κ1) is 34.0. The van der Waals surface area contributed by atoms with Crippen LogP contribution >= 0.6 is 0 Å². The van der Waals surface area contributed by atoms with E-state index in [2.05, 4.69) is 13.8 Å². The summed E-state index contributed by atoms with van der Waals surface area (Å²) < 4.78 is 38.8. The number of ether oxygens (including phenoxy) is 7. The third-order valence-electron chi connectivity index (χ3n) is 7.49. The minimum atomic E-state index is -1.55. The Hall–Kier alpha value is -4.90. The van der Waals surface area contributed by atoms with Crippen LogP contribution in [0.5, 0.6) is 11.5 Å². The summed E-state index contributed by atoms with van der Waals surface area (Å²) in [6.45, 7) is 8.03. The Balaban J connectivity index is 1.54. The Labute approximate surface area is 267 Å². The molecule has 0 radical (unpaired) electrons. The number of esters is 4. The summed E-state index contributed by atoms with van der Waals surface area (Å²) in [4.78, 5) is 48.7. The average molecular weight is 635 g/mol. The van der Waals surface area contributed by atoms with E-state index in [1.807, 2.05) is 66.7 Å².